The van der Waals surface area contributed by atoms with Crippen molar-refractivity contribution in [2.75, 3.05) is 26.2 Å². The van der Waals surface area contributed by atoms with Crippen LogP contribution in [0.3, 0.4) is 0 Å². The summed E-state index contributed by atoms with van der Waals surface area (Å²) >= 11 is 1.23. The van der Waals surface area contributed by atoms with Crippen LogP contribution in [-0.2, 0) is 15.1 Å². The molecule has 1 N–H and O–H groups in total. The van der Waals surface area contributed by atoms with Crippen LogP contribution >= 0.6 is 11.3 Å². The van der Waals surface area contributed by atoms with Gasteiger partial charge in [-0.2, -0.15) is 0 Å². The lowest BCUT2D eigenvalue weighted by Gasteiger charge is -2.52. The van der Waals surface area contributed by atoms with E-state index in [4.69, 9.17) is 4.74 Å². The van der Waals surface area contributed by atoms with Gasteiger partial charge in [0.1, 0.15) is 6.54 Å². The van der Waals surface area contributed by atoms with Crippen molar-refractivity contribution in [2.24, 2.45) is 11.8 Å². The first-order valence-corrected chi connectivity index (χ1v) is 10.9. The average Bonchev–Trinajstić information content (AvgIpc) is 3.32. The van der Waals surface area contributed by atoms with Crippen LogP contribution in [0.4, 0.5) is 8.78 Å². The minimum atomic E-state index is -2.83. The van der Waals surface area contributed by atoms with Gasteiger partial charge in [-0.05, 0) is 24.8 Å². The minimum absolute atomic E-state index is 0. The molecule has 158 valence electrons. The van der Waals surface area contributed by atoms with Crippen LogP contribution in [0.25, 0.3) is 0 Å². The Hall–Kier alpha value is -0.570. The summed E-state index contributed by atoms with van der Waals surface area (Å²) in [7, 11) is 0. The summed E-state index contributed by atoms with van der Waals surface area (Å²) < 4.78 is 34.5. The molecule has 4 aliphatic rings. The number of halogens is 3. The second kappa shape index (κ2) is 7.93. The third-order valence-corrected chi connectivity index (χ3v) is 8.17. The smallest absolute Gasteiger partial charge is 0.344 e. The maximum absolute atomic E-state index is 13.8. The predicted octanol–water partition coefficient (Wildman–Crippen LogP) is 0.547. The number of rotatable bonds is 5. The summed E-state index contributed by atoms with van der Waals surface area (Å²) in [6, 6.07) is 3.38. The van der Waals surface area contributed by atoms with Gasteiger partial charge in [-0.1, -0.05) is 6.07 Å². The van der Waals surface area contributed by atoms with Crippen molar-refractivity contribution in [1.29, 1.82) is 0 Å². The molecule has 0 spiro atoms. The number of piperidine rings is 3. The highest BCUT2D eigenvalue weighted by molar-refractivity contribution is 7.10. The fourth-order valence-electron chi connectivity index (χ4n) is 5.30. The number of carbonyl (C=O) groups excluding carboxylic acids is 1. The highest BCUT2D eigenvalue weighted by atomic mass is 79.9. The molecule has 8 heteroatoms. The number of fused-ring (bicyclic) bond motifs is 3. The molecule has 3 atom stereocenters. The topological polar surface area (TPSA) is 46.5 Å². The zero-order valence-electron chi connectivity index (χ0n) is 16.1. The van der Waals surface area contributed by atoms with Crippen molar-refractivity contribution < 1.29 is 44.9 Å². The van der Waals surface area contributed by atoms with Crippen molar-refractivity contribution in [2.45, 2.75) is 56.7 Å². The molecule has 1 aliphatic carbocycles. The molecule has 0 radical (unpaired) electrons. The van der Waals surface area contributed by atoms with E-state index in [1.54, 1.807) is 17.5 Å². The number of aliphatic hydroxyl groups is 1. The Bertz CT molecular complexity index is 694. The van der Waals surface area contributed by atoms with Crippen LogP contribution in [0, 0.1) is 11.8 Å². The number of carbonyl (C=O) groups is 1. The highest BCUT2D eigenvalue weighted by Gasteiger charge is 2.56. The summed E-state index contributed by atoms with van der Waals surface area (Å²) in [6.45, 7) is 6.16. The molecule has 4 fully saturated rings. The van der Waals surface area contributed by atoms with Crippen molar-refractivity contribution in [3.05, 3.63) is 22.4 Å². The maximum atomic E-state index is 13.8. The summed E-state index contributed by atoms with van der Waals surface area (Å²) in [5, 5.41) is 13.1. The zero-order chi connectivity index (χ0) is 19.3. The number of nitrogens with zero attached hydrogens (tertiary/aromatic N) is 1. The summed E-state index contributed by atoms with van der Waals surface area (Å²) in [5.41, 5.74) is -1.98. The fraction of sp³-hybridized carbons (Fsp3) is 0.750. The third-order valence-electron chi connectivity index (χ3n) is 7.17. The van der Waals surface area contributed by atoms with E-state index in [0.29, 0.717) is 10.8 Å². The van der Waals surface area contributed by atoms with E-state index in [9.17, 15) is 18.7 Å². The lowest BCUT2D eigenvalue weighted by Crippen LogP contribution is -3.00. The van der Waals surface area contributed by atoms with Crippen molar-refractivity contribution in [3.63, 3.8) is 0 Å². The van der Waals surface area contributed by atoms with Gasteiger partial charge in [0.15, 0.2) is 11.7 Å². The van der Waals surface area contributed by atoms with E-state index in [1.807, 2.05) is 0 Å². The Kier molecular flexibility index (Phi) is 6.26. The van der Waals surface area contributed by atoms with Crippen LogP contribution in [0.1, 0.15) is 43.9 Å². The van der Waals surface area contributed by atoms with Gasteiger partial charge < -0.3 is 31.3 Å². The Morgan fingerprint density at radius 1 is 1.39 bits per heavy atom. The van der Waals surface area contributed by atoms with Gasteiger partial charge in [-0.3, -0.25) is 0 Å². The first-order valence-electron chi connectivity index (χ1n) is 9.98. The standard InChI is InChI=1S/C20H28F2NO3S.BrH/c1-2-23-9-6-14(7-10-23)16(13-23)26-18(24)20(25,17-4-3-11-27-17)15-5-8-19(21,22)12-15;/h3-4,11,14-16,25H,2,5-10,12-13H2,1H3;1H/q+1;/p-1/t14?,15?,16-,20?,23?;/m0./s1. The number of thiophene rings is 1. The molecule has 0 aromatic carbocycles. The minimum Gasteiger partial charge on any atom is -1.00 e. The lowest BCUT2D eigenvalue weighted by atomic mass is 9.82. The molecule has 3 saturated heterocycles. The molecule has 4 heterocycles. The zero-order valence-corrected chi connectivity index (χ0v) is 18.5. The average molecular weight is 480 g/mol. The molecule has 1 aromatic rings. The van der Waals surface area contributed by atoms with Crippen LogP contribution < -0.4 is 17.0 Å². The van der Waals surface area contributed by atoms with Crippen LogP contribution in [0.5, 0.6) is 0 Å². The number of alkyl halides is 2. The van der Waals surface area contributed by atoms with E-state index < -0.39 is 29.8 Å². The molecule has 2 bridgehead atoms. The molecule has 2 unspecified atom stereocenters. The first-order chi connectivity index (χ1) is 12.8. The molecule has 5 rings (SSSR count). The molecule has 0 amide bonds. The molecule has 1 aromatic heterocycles. The van der Waals surface area contributed by atoms with Crippen molar-refractivity contribution in [3.8, 4) is 0 Å². The van der Waals surface area contributed by atoms with E-state index in [2.05, 4.69) is 6.92 Å². The first kappa shape index (κ1) is 22.1. The number of quaternary nitrogens is 1. The number of likely N-dealkylation sites (N-methyl/N-ethyl adjacent to an activating group) is 1. The number of hydrogen-bond donors (Lipinski definition) is 1. The van der Waals surface area contributed by atoms with E-state index in [-0.39, 0.29) is 35.9 Å². The molecule has 1 saturated carbocycles. The second-order valence-electron chi connectivity index (χ2n) is 8.61. The van der Waals surface area contributed by atoms with Crippen molar-refractivity contribution >= 4 is 17.3 Å². The Balaban J connectivity index is 0.00000225. The van der Waals surface area contributed by atoms with Gasteiger partial charge in [0.2, 0.25) is 5.92 Å². The second-order valence-corrected chi connectivity index (χ2v) is 9.56. The summed E-state index contributed by atoms with van der Waals surface area (Å²) in [6.07, 6.45) is 1.17. The Morgan fingerprint density at radius 3 is 2.64 bits per heavy atom. The van der Waals surface area contributed by atoms with Gasteiger partial charge in [-0.25, -0.2) is 13.6 Å². The predicted molar refractivity (Wildman–Crippen MR) is 98.5 cm³/mol. The third kappa shape index (κ3) is 3.77. The van der Waals surface area contributed by atoms with Crippen molar-refractivity contribution in [1.82, 2.24) is 0 Å². The molecular weight excluding hydrogens is 452 g/mol. The molecule has 3 aliphatic heterocycles. The SMILES string of the molecule is CC[N+]12CCC(CC1)[C@@H](OC(=O)C(O)(c1cccs1)C1CCC(F)(F)C1)C2.[Br-]. The number of ether oxygens (including phenoxy) is 1. The monoisotopic (exact) mass is 479 g/mol. The van der Waals surface area contributed by atoms with Crippen LogP contribution in [0.15, 0.2) is 17.5 Å². The largest absolute Gasteiger partial charge is 1.00 e. The van der Waals surface area contributed by atoms with Crippen LogP contribution in [-0.4, -0.2) is 53.8 Å². The van der Waals surface area contributed by atoms with E-state index in [0.717, 1.165) is 43.5 Å². The van der Waals surface area contributed by atoms with Gasteiger partial charge >= 0.3 is 5.97 Å². The van der Waals surface area contributed by atoms with Crippen LogP contribution in [0.2, 0.25) is 0 Å². The molecule has 4 nitrogen and oxygen atoms in total. The molecular formula is C20H28BrF2NO3S. The quantitative estimate of drug-likeness (QED) is 0.495. The normalized spacial score (nSPS) is 35.8. The summed E-state index contributed by atoms with van der Waals surface area (Å²) in [5.74, 6) is -4.06. The Morgan fingerprint density at radius 2 is 2.11 bits per heavy atom. The Labute approximate surface area is 179 Å². The van der Waals surface area contributed by atoms with Gasteiger partial charge in [0.05, 0.1) is 19.6 Å². The maximum Gasteiger partial charge on any atom is 0.344 e. The van der Waals surface area contributed by atoms with Gasteiger partial charge in [0.25, 0.3) is 0 Å². The van der Waals surface area contributed by atoms with E-state index >= 15 is 0 Å². The van der Waals surface area contributed by atoms with Gasteiger partial charge in [-0.15, -0.1) is 11.3 Å². The molecule has 28 heavy (non-hydrogen) atoms. The van der Waals surface area contributed by atoms with E-state index in [1.165, 1.54) is 11.3 Å². The van der Waals surface area contributed by atoms with Gasteiger partial charge in [0, 0.05) is 42.4 Å². The summed E-state index contributed by atoms with van der Waals surface area (Å²) in [4.78, 5) is 13.6. The lowest BCUT2D eigenvalue weighted by molar-refractivity contribution is -0.944. The highest BCUT2D eigenvalue weighted by Crippen LogP contribution is 2.49. The number of esters is 1. The number of hydrogen-bond acceptors (Lipinski definition) is 4. The fourth-order valence-corrected chi connectivity index (χ4v) is 6.19.